The van der Waals surface area contributed by atoms with E-state index in [1.807, 2.05) is 6.07 Å². The van der Waals surface area contributed by atoms with Crippen molar-refractivity contribution in [2.24, 2.45) is 0 Å². The van der Waals surface area contributed by atoms with Crippen molar-refractivity contribution in [1.29, 1.82) is 0 Å². The Bertz CT molecular complexity index is 310. The highest BCUT2D eigenvalue weighted by Crippen LogP contribution is 2.13. The molecule has 1 atom stereocenters. The third-order valence-corrected chi connectivity index (χ3v) is 4.24. The fourth-order valence-corrected chi connectivity index (χ4v) is 2.89. The summed E-state index contributed by atoms with van der Waals surface area (Å²) in [6.45, 7) is 6.88. The minimum Gasteiger partial charge on any atom is -0.469 e. The van der Waals surface area contributed by atoms with Crippen LogP contribution in [0.4, 0.5) is 0 Å². The summed E-state index contributed by atoms with van der Waals surface area (Å²) in [5.41, 5.74) is 0. The van der Waals surface area contributed by atoms with E-state index in [0.717, 1.165) is 18.6 Å². The summed E-state index contributed by atoms with van der Waals surface area (Å²) in [6.07, 6.45) is 14.7. The Morgan fingerprint density at radius 3 is 2.19 bits per heavy atom. The van der Waals surface area contributed by atoms with Crippen molar-refractivity contribution in [3.05, 3.63) is 24.2 Å². The highest BCUT2D eigenvalue weighted by molar-refractivity contribution is 4.98. The van der Waals surface area contributed by atoms with E-state index in [1.165, 1.54) is 51.4 Å². The zero-order valence-corrected chi connectivity index (χ0v) is 14.4. The summed E-state index contributed by atoms with van der Waals surface area (Å²) in [4.78, 5) is 0. The molecule has 2 heteroatoms. The van der Waals surface area contributed by atoms with Crippen LogP contribution in [-0.2, 0) is 6.42 Å². The van der Waals surface area contributed by atoms with Crippen LogP contribution >= 0.6 is 0 Å². The molecule has 0 bridgehead atoms. The van der Waals surface area contributed by atoms with Crippen molar-refractivity contribution in [3.8, 4) is 0 Å². The van der Waals surface area contributed by atoms with Gasteiger partial charge in [-0.2, -0.15) is 0 Å². The second kappa shape index (κ2) is 11.9. The summed E-state index contributed by atoms with van der Waals surface area (Å²) in [6, 6.07) is 5.33. The molecule has 2 nitrogen and oxygen atoms in total. The highest BCUT2D eigenvalue weighted by atomic mass is 16.3. The molecule has 1 heterocycles. The molecule has 0 fully saturated rings. The predicted molar refractivity (Wildman–Crippen MR) is 91.7 cm³/mol. The van der Waals surface area contributed by atoms with Crippen LogP contribution in [0.5, 0.6) is 0 Å². The first kappa shape index (κ1) is 18.3. The first-order chi connectivity index (χ1) is 10.3. The zero-order chi connectivity index (χ0) is 15.3. The van der Waals surface area contributed by atoms with Crippen molar-refractivity contribution in [2.75, 3.05) is 0 Å². The lowest BCUT2D eigenvalue weighted by molar-refractivity contribution is 0.364. The highest BCUT2D eigenvalue weighted by Gasteiger charge is 2.12. The van der Waals surface area contributed by atoms with Crippen LogP contribution in [0.3, 0.4) is 0 Å². The van der Waals surface area contributed by atoms with E-state index >= 15 is 0 Å². The van der Waals surface area contributed by atoms with Crippen LogP contribution in [0.2, 0.25) is 0 Å². The monoisotopic (exact) mass is 293 g/mol. The van der Waals surface area contributed by atoms with Crippen LogP contribution in [0.15, 0.2) is 22.8 Å². The quantitative estimate of drug-likeness (QED) is 0.470. The van der Waals surface area contributed by atoms with Gasteiger partial charge < -0.3 is 9.73 Å². The Labute approximate surface area is 131 Å². The summed E-state index contributed by atoms with van der Waals surface area (Å²) >= 11 is 0. The molecule has 0 radical (unpaired) electrons. The van der Waals surface area contributed by atoms with Gasteiger partial charge in [0.15, 0.2) is 0 Å². The fraction of sp³-hybridized carbons (Fsp3) is 0.789. The number of hydrogen-bond acceptors (Lipinski definition) is 2. The van der Waals surface area contributed by atoms with Crippen molar-refractivity contribution in [2.45, 2.75) is 97.1 Å². The molecule has 0 aromatic carbocycles. The van der Waals surface area contributed by atoms with Gasteiger partial charge in [-0.1, -0.05) is 52.4 Å². The second-order valence-electron chi connectivity index (χ2n) is 6.37. The van der Waals surface area contributed by atoms with E-state index in [4.69, 9.17) is 4.42 Å². The zero-order valence-electron chi connectivity index (χ0n) is 14.4. The molecule has 0 aliphatic rings. The van der Waals surface area contributed by atoms with Gasteiger partial charge in [-0.05, 0) is 38.3 Å². The number of unbranched alkanes of at least 4 members (excludes halogenated alkanes) is 4. The number of aryl methyl sites for hydroxylation is 1. The van der Waals surface area contributed by atoms with Crippen LogP contribution in [0.25, 0.3) is 0 Å². The van der Waals surface area contributed by atoms with E-state index in [2.05, 4.69) is 32.2 Å². The van der Waals surface area contributed by atoms with Crippen LogP contribution in [-0.4, -0.2) is 12.1 Å². The van der Waals surface area contributed by atoms with E-state index in [1.54, 1.807) is 6.26 Å². The van der Waals surface area contributed by atoms with Gasteiger partial charge in [-0.3, -0.25) is 0 Å². The molecular weight excluding hydrogens is 258 g/mol. The lowest BCUT2D eigenvalue weighted by Gasteiger charge is -2.23. The standard InChI is InChI=1S/C19H35NO/c1-4-6-8-11-18(12-9-7-5-2)20-17(3)14-15-19-13-10-16-21-19/h10,13,16-18,20H,4-9,11-12,14-15H2,1-3H3. The Kier molecular flexibility index (Phi) is 10.3. The normalized spacial score (nSPS) is 13.0. The molecule has 0 aliphatic carbocycles. The lowest BCUT2D eigenvalue weighted by atomic mass is 10.0. The summed E-state index contributed by atoms with van der Waals surface area (Å²) in [5.74, 6) is 1.11. The molecule has 0 saturated heterocycles. The minimum absolute atomic E-state index is 0.573. The predicted octanol–water partition coefficient (Wildman–Crippen LogP) is 5.72. The maximum absolute atomic E-state index is 5.42. The van der Waals surface area contributed by atoms with E-state index in [0.29, 0.717) is 12.1 Å². The molecule has 1 rings (SSSR count). The Morgan fingerprint density at radius 2 is 1.67 bits per heavy atom. The number of furan rings is 1. The van der Waals surface area contributed by atoms with Gasteiger partial charge in [0.2, 0.25) is 0 Å². The van der Waals surface area contributed by atoms with Crippen molar-refractivity contribution >= 4 is 0 Å². The van der Waals surface area contributed by atoms with Gasteiger partial charge in [0.25, 0.3) is 0 Å². The van der Waals surface area contributed by atoms with Crippen LogP contribution < -0.4 is 5.32 Å². The Balaban J connectivity index is 2.26. The summed E-state index contributed by atoms with van der Waals surface area (Å²) in [5, 5.41) is 3.86. The fourth-order valence-electron chi connectivity index (χ4n) is 2.89. The minimum atomic E-state index is 0.573. The van der Waals surface area contributed by atoms with Gasteiger partial charge in [-0.15, -0.1) is 0 Å². The molecule has 0 spiro atoms. The summed E-state index contributed by atoms with van der Waals surface area (Å²) < 4.78 is 5.42. The third-order valence-electron chi connectivity index (χ3n) is 4.24. The maximum atomic E-state index is 5.42. The number of rotatable bonds is 13. The third kappa shape index (κ3) is 8.98. The topological polar surface area (TPSA) is 25.2 Å². The second-order valence-corrected chi connectivity index (χ2v) is 6.37. The average molecular weight is 293 g/mol. The SMILES string of the molecule is CCCCCC(CCCCC)NC(C)CCc1ccco1. The molecule has 1 aromatic rings. The molecular formula is C19H35NO. The molecule has 21 heavy (non-hydrogen) atoms. The molecule has 0 amide bonds. The smallest absolute Gasteiger partial charge is 0.103 e. The lowest BCUT2D eigenvalue weighted by Crippen LogP contribution is -2.36. The molecule has 1 N–H and O–H groups in total. The van der Waals surface area contributed by atoms with Gasteiger partial charge in [-0.25, -0.2) is 0 Å². The molecule has 1 unspecified atom stereocenters. The van der Waals surface area contributed by atoms with Crippen LogP contribution in [0, 0.1) is 0 Å². The number of hydrogen-bond donors (Lipinski definition) is 1. The van der Waals surface area contributed by atoms with Gasteiger partial charge in [0.1, 0.15) is 5.76 Å². The Morgan fingerprint density at radius 1 is 1.00 bits per heavy atom. The Hall–Kier alpha value is -0.760. The molecule has 1 aromatic heterocycles. The molecule has 122 valence electrons. The van der Waals surface area contributed by atoms with Crippen molar-refractivity contribution in [1.82, 2.24) is 5.32 Å². The van der Waals surface area contributed by atoms with Crippen molar-refractivity contribution in [3.63, 3.8) is 0 Å². The van der Waals surface area contributed by atoms with E-state index in [9.17, 15) is 0 Å². The first-order valence-corrected chi connectivity index (χ1v) is 9.04. The van der Waals surface area contributed by atoms with Gasteiger partial charge in [0.05, 0.1) is 6.26 Å². The number of nitrogens with one attached hydrogen (secondary N) is 1. The van der Waals surface area contributed by atoms with Gasteiger partial charge in [0, 0.05) is 18.5 Å². The van der Waals surface area contributed by atoms with Gasteiger partial charge >= 0.3 is 0 Å². The average Bonchev–Trinajstić information content (AvgIpc) is 2.99. The van der Waals surface area contributed by atoms with E-state index in [-0.39, 0.29) is 0 Å². The van der Waals surface area contributed by atoms with Crippen molar-refractivity contribution < 1.29 is 4.42 Å². The van der Waals surface area contributed by atoms with Crippen LogP contribution in [0.1, 0.15) is 84.3 Å². The molecule has 0 saturated carbocycles. The van der Waals surface area contributed by atoms with E-state index < -0.39 is 0 Å². The largest absolute Gasteiger partial charge is 0.469 e. The maximum Gasteiger partial charge on any atom is 0.103 e. The summed E-state index contributed by atoms with van der Waals surface area (Å²) in [7, 11) is 0. The molecule has 0 aliphatic heterocycles. The first-order valence-electron chi connectivity index (χ1n) is 9.04.